The number of nitrogens with zero attached hydrogens (tertiary/aromatic N) is 4. The van der Waals surface area contributed by atoms with E-state index in [0.717, 1.165) is 25.1 Å². The number of carbonyl (C=O) groups is 2. The fraction of sp³-hybridized carbons (Fsp3) is 0.600. The van der Waals surface area contributed by atoms with E-state index in [9.17, 15) is 9.59 Å². The first-order valence-corrected chi connectivity index (χ1v) is 9.76. The largest absolute Gasteiger partial charge is 0.462 e. The van der Waals surface area contributed by atoms with E-state index >= 15 is 0 Å². The average Bonchev–Trinajstić information content (AvgIpc) is 3.04. The summed E-state index contributed by atoms with van der Waals surface area (Å²) in [6.45, 7) is 9.05. The molecule has 3 rings (SSSR count). The van der Waals surface area contributed by atoms with Crippen LogP contribution in [0.25, 0.3) is 5.65 Å². The van der Waals surface area contributed by atoms with Crippen LogP contribution in [0.2, 0.25) is 0 Å². The maximum Gasteiger partial charge on any atom is 0.410 e. The van der Waals surface area contributed by atoms with E-state index in [1.807, 2.05) is 31.4 Å². The van der Waals surface area contributed by atoms with Gasteiger partial charge in [0.25, 0.3) is 0 Å². The molecule has 0 atom stereocenters. The Balaban J connectivity index is 1.64. The van der Waals surface area contributed by atoms with Crippen LogP contribution < -0.4 is 0 Å². The minimum absolute atomic E-state index is 0.252. The Morgan fingerprint density at radius 1 is 1.21 bits per heavy atom. The molecule has 1 aliphatic heterocycles. The first-order valence-electron chi connectivity index (χ1n) is 9.76. The Labute approximate surface area is 164 Å². The van der Waals surface area contributed by atoms with Crippen molar-refractivity contribution in [2.75, 3.05) is 19.7 Å². The number of rotatable bonds is 4. The van der Waals surface area contributed by atoms with Gasteiger partial charge in [0, 0.05) is 25.7 Å². The summed E-state index contributed by atoms with van der Waals surface area (Å²) in [4.78, 5) is 26.1. The molecule has 0 radical (unpaired) electrons. The van der Waals surface area contributed by atoms with Gasteiger partial charge in [-0.1, -0.05) is 0 Å². The number of carbonyl (C=O) groups excluding carboxylic acids is 2. The van der Waals surface area contributed by atoms with Crippen LogP contribution in [-0.2, 0) is 15.9 Å². The van der Waals surface area contributed by atoms with Crippen molar-refractivity contribution in [2.45, 2.75) is 52.6 Å². The molecule has 0 aromatic carbocycles. The van der Waals surface area contributed by atoms with E-state index in [-0.39, 0.29) is 6.09 Å². The lowest BCUT2D eigenvalue weighted by atomic mass is 9.93. The molecule has 0 aliphatic carbocycles. The van der Waals surface area contributed by atoms with Crippen LogP contribution in [0.1, 0.15) is 56.7 Å². The summed E-state index contributed by atoms with van der Waals surface area (Å²) in [5, 5.41) is 8.49. The number of piperidine rings is 1. The monoisotopic (exact) mass is 388 g/mol. The maximum absolute atomic E-state index is 12.2. The zero-order valence-electron chi connectivity index (χ0n) is 17.0. The normalized spacial score (nSPS) is 15.6. The second-order valence-electron chi connectivity index (χ2n) is 8.07. The fourth-order valence-corrected chi connectivity index (χ4v) is 3.38. The van der Waals surface area contributed by atoms with Gasteiger partial charge in [0.1, 0.15) is 17.0 Å². The van der Waals surface area contributed by atoms with Gasteiger partial charge < -0.3 is 14.4 Å². The zero-order valence-corrected chi connectivity index (χ0v) is 17.0. The van der Waals surface area contributed by atoms with Gasteiger partial charge in [-0.05, 0) is 58.6 Å². The van der Waals surface area contributed by atoms with Gasteiger partial charge in [0.2, 0.25) is 0 Å². The Hall–Kier alpha value is -2.64. The van der Waals surface area contributed by atoms with E-state index in [1.54, 1.807) is 24.0 Å². The standard InChI is InChI=1S/C20H28N4O4/c1-5-27-18(25)15-7-6-10-24-16(21-22-17(15)24)13-14-8-11-23(12-9-14)19(26)28-20(2,3)4/h6-7,10,14H,5,8-9,11-13H2,1-4H3. The Morgan fingerprint density at radius 2 is 1.93 bits per heavy atom. The molecule has 1 fully saturated rings. The summed E-state index contributed by atoms with van der Waals surface area (Å²) in [5.74, 6) is 0.826. The smallest absolute Gasteiger partial charge is 0.410 e. The summed E-state index contributed by atoms with van der Waals surface area (Å²) in [7, 11) is 0. The predicted octanol–water partition coefficient (Wildman–Crippen LogP) is 3.10. The molecule has 0 saturated carbocycles. The number of likely N-dealkylation sites (tertiary alicyclic amines) is 1. The molecule has 3 heterocycles. The van der Waals surface area contributed by atoms with Crippen molar-refractivity contribution in [1.82, 2.24) is 19.5 Å². The molecule has 1 amide bonds. The van der Waals surface area contributed by atoms with Gasteiger partial charge in [0.05, 0.1) is 6.61 Å². The minimum Gasteiger partial charge on any atom is -0.462 e. The molecule has 0 bridgehead atoms. The average molecular weight is 388 g/mol. The second-order valence-corrected chi connectivity index (χ2v) is 8.07. The van der Waals surface area contributed by atoms with E-state index in [2.05, 4.69) is 10.2 Å². The second kappa shape index (κ2) is 8.16. The first kappa shape index (κ1) is 20.1. The summed E-state index contributed by atoms with van der Waals surface area (Å²) in [6.07, 6.45) is 4.12. The minimum atomic E-state index is -0.481. The van der Waals surface area contributed by atoms with E-state index in [0.29, 0.717) is 36.8 Å². The molecule has 8 heteroatoms. The third kappa shape index (κ3) is 4.61. The van der Waals surface area contributed by atoms with Crippen molar-refractivity contribution in [3.8, 4) is 0 Å². The number of hydrogen-bond acceptors (Lipinski definition) is 6. The summed E-state index contributed by atoms with van der Waals surface area (Å²) in [6, 6.07) is 3.50. The van der Waals surface area contributed by atoms with Gasteiger partial charge in [-0.25, -0.2) is 9.59 Å². The van der Waals surface area contributed by atoms with Crippen molar-refractivity contribution >= 4 is 17.7 Å². The lowest BCUT2D eigenvalue weighted by molar-refractivity contribution is 0.0183. The molecule has 1 saturated heterocycles. The number of aromatic nitrogens is 3. The van der Waals surface area contributed by atoms with Crippen molar-refractivity contribution < 1.29 is 19.1 Å². The molecule has 0 unspecified atom stereocenters. The molecular weight excluding hydrogens is 360 g/mol. The van der Waals surface area contributed by atoms with E-state index in [1.165, 1.54) is 0 Å². The zero-order chi connectivity index (χ0) is 20.3. The summed E-state index contributed by atoms with van der Waals surface area (Å²) in [5.41, 5.74) is 0.454. The fourth-order valence-electron chi connectivity index (χ4n) is 3.38. The number of ether oxygens (including phenoxy) is 2. The molecule has 8 nitrogen and oxygen atoms in total. The molecule has 1 aliphatic rings. The highest BCUT2D eigenvalue weighted by Crippen LogP contribution is 2.23. The van der Waals surface area contributed by atoms with E-state index in [4.69, 9.17) is 9.47 Å². The summed E-state index contributed by atoms with van der Waals surface area (Å²) >= 11 is 0. The first-order chi connectivity index (χ1) is 13.3. The molecule has 0 N–H and O–H groups in total. The SMILES string of the molecule is CCOC(=O)c1cccn2c(CC3CCN(C(=O)OC(C)(C)C)CC3)nnc12. The van der Waals surface area contributed by atoms with Gasteiger partial charge in [-0.2, -0.15) is 0 Å². The molecule has 28 heavy (non-hydrogen) atoms. The van der Waals surface area contributed by atoms with Gasteiger partial charge in [-0.15, -0.1) is 10.2 Å². The van der Waals surface area contributed by atoms with Crippen molar-refractivity contribution in [3.63, 3.8) is 0 Å². The summed E-state index contributed by atoms with van der Waals surface area (Å²) < 4.78 is 12.4. The molecule has 2 aromatic heterocycles. The van der Waals surface area contributed by atoms with Gasteiger partial charge in [0.15, 0.2) is 5.65 Å². The third-order valence-corrected chi connectivity index (χ3v) is 4.74. The quantitative estimate of drug-likeness (QED) is 0.748. The number of esters is 1. The Bertz CT molecular complexity index is 847. The highest BCUT2D eigenvalue weighted by atomic mass is 16.6. The van der Waals surface area contributed by atoms with Crippen LogP contribution in [-0.4, -0.2) is 56.9 Å². The van der Waals surface area contributed by atoms with Crippen molar-refractivity contribution in [3.05, 3.63) is 29.7 Å². The van der Waals surface area contributed by atoms with Crippen molar-refractivity contribution in [1.29, 1.82) is 0 Å². The predicted molar refractivity (Wildman–Crippen MR) is 103 cm³/mol. The van der Waals surface area contributed by atoms with Crippen LogP contribution in [0.3, 0.4) is 0 Å². The topological polar surface area (TPSA) is 86.0 Å². The molecule has 0 spiro atoms. The number of hydrogen-bond donors (Lipinski definition) is 0. The van der Waals surface area contributed by atoms with Crippen LogP contribution >= 0.6 is 0 Å². The third-order valence-electron chi connectivity index (χ3n) is 4.74. The highest BCUT2D eigenvalue weighted by molar-refractivity contribution is 5.95. The van der Waals surface area contributed by atoms with Gasteiger partial charge >= 0.3 is 12.1 Å². The Morgan fingerprint density at radius 3 is 2.57 bits per heavy atom. The van der Waals surface area contributed by atoms with Crippen LogP contribution in [0.5, 0.6) is 0 Å². The number of amides is 1. The van der Waals surface area contributed by atoms with Crippen LogP contribution in [0, 0.1) is 5.92 Å². The Kier molecular flexibility index (Phi) is 5.86. The lowest BCUT2D eigenvalue weighted by Crippen LogP contribution is -2.42. The maximum atomic E-state index is 12.2. The molecule has 2 aromatic rings. The lowest BCUT2D eigenvalue weighted by Gasteiger charge is -2.33. The van der Waals surface area contributed by atoms with Crippen LogP contribution in [0.4, 0.5) is 4.79 Å². The number of pyridine rings is 1. The van der Waals surface area contributed by atoms with Crippen LogP contribution in [0.15, 0.2) is 18.3 Å². The molecule has 152 valence electrons. The number of fused-ring (bicyclic) bond motifs is 1. The van der Waals surface area contributed by atoms with Crippen molar-refractivity contribution in [2.24, 2.45) is 5.92 Å². The van der Waals surface area contributed by atoms with E-state index < -0.39 is 11.6 Å². The molecular formula is C20H28N4O4. The highest BCUT2D eigenvalue weighted by Gasteiger charge is 2.28. The van der Waals surface area contributed by atoms with Gasteiger partial charge in [-0.3, -0.25) is 4.40 Å².